The number of hydrogen-bond donors (Lipinski definition) is 0. The van der Waals surface area contributed by atoms with Gasteiger partial charge >= 0.3 is 6.09 Å². The number of nitrogens with zero attached hydrogens (tertiary/aromatic N) is 5. The van der Waals surface area contributed by atoms with Gasteiger partial charge in [-0.05, 0) is 26.0 Å². The van der Waals surface area contributed by atoms with Crippen molar-refractivity contribution in [3.05, 3.63) is 30.1 Å². The average Bonchev–Trinajstić information content (AvgIpc) is 3.11. The Hall–Kier alpha value is -3.35. The van der Waals surface area contributed by atoms with Crippen LogP contribution in [0.2, 0.25) is 0 Å². The zero-order valence-electron chi connectivity index (χ0n) is 19.7. The van der Waals surface area contributed by atoms with E-state index in [0.29, 0.717) is 37.5 Å². The quantitative estimate of drug-likeness (QED) is 0.515. The summed E-state index contributed by atoms with van der Waals surface area (Å²) in [5.41, 5.74) is 0.386. The standard InChI is InChI=1S/C22H25F2N5O5S/c1-12(2)33-22(30)29-7-5-13(6-8-29)34-21-20-19(25-11-26-21)18(27-28(20)3)14-9-16(24)17(10-15(14)23)35(4,31)32/h9-13H,5-8H2,1-4H3. The van der Waals surface area contributed by atoms with E-state index in [-0.39, 0.29) is 41.0 Å². The number of piperidine rings is 1. The summed E-state index contributed by atoms with van der Waals surface area (Å²) >= 11 is 0. The molecular formula is C22H25F2N5O5S. The number of fused-ring (bicyclic) bond motifs is 1. The van der Waals surface area contributed by atoms with Gasteiger partial charge in [0.1, 0.15) is 45.7 Å². The summed E-state index contributed by atoms with van der Waals surface area (Å²) in [6.07, 6.45) is 2.33. The van der Waals surface area contributed by atoms with Crippen LogP contribution in [-0.2, 0) is 21.6 Å². The zero-order chi connectivity index (χ0) is 25.5. The first-order chi connectivity index (χ1) is 16.5. The second-order valence-corrected chi connectivity index (χ2v) is 10.6. The van der Waals surface area contributed by atoms with Gasteiger partial charge in [-0.3, -0.25) is 4.68 Å². The molecule has 0 unspecified atom stereocenters. The molecule has 1 amide bonds. The van der Waals surface area contributed by atoms with E-state index in [9.17, 15) is 22.0 Å². The molecule has 0 saturated carbocycles. The van der Waals surface area contributed by atoms with Crippen molar-refractivity contribution in [3.8, 4) is 17.1 Å². The van der Waals surface area contributed by atoms with Crippen LogP contribution in [0.5, 0.6) is 5.88 Å². The van der Waals surface area contributed by atoms with Gasteiger partial charge in [-0.15, -0.1) is 0 Å². The molecule has 1 fully saturated rings. The van der Waals surface area contributed by atoms with Crippen LogP contribution < -0.4 is 4.74 Å². The molecule has 0 radical (unpaired) electrons. The molecule has 2 aromatic heterocycles. The Labute approximate surface area is 200 Å². The van der Waals surface area contributed by atoms with Crippen molar-refractivity contribution in [3.63, 3.8) is 0 Å². The first-order valence-corrected chi connectivity index (χ1v) is 12.8. The summed E-state index contributed by atoms with van der Waals surface area (Å²) in [6.45, 7) is 4.49. The third kappa shape index (κ3) is 5.04. The van der Waals surface area contributed by atoms with Crippen molar-refractivity contribution in [2.24, 2.45) is 7.05 Å². The fourth-order valence-corrected chi connectivity index (χ4v) is 4.66. The Bertz CT molecular complexity index is 1380. The lowest BCUT2D eigenvalue weighted by atomic mass is 10.1. The summed E-state index contributed by atoms with van der Waals surface area (Å²) in [7, 11) is -2.36. The molecule has 1 aliphatic rings. The van der Waals surface area contributed by atoms with E-state index in [2.05, 4.69) is 15.1 Å². The second kappa shape index (κ2) is 9.36. The lowest BCUT2D eigenvalue weighted by Gasteiger charge is -2.31. The molecule has 4 rings (SSSR count). The molecule has 35 heavy (non-hydrogen) atoms. The van der Waals surface area contributed by atoms with Crippen LogP contribution in [0.15, 0.2) is 23.4 Å². The molecule has 13 heteroatoms. The molecule has 0 atom stereocenters. The average molecular weight is 510 g/mol. The van der Waals surface area contributed by atoms with Gasteiger partial charge in [-0.2, -0.15) is 10.1 Å². The SMILES string of the molecule is CC(C)OC(=O)N1CCC(Oc2ncnc3c(-c4cc(F)c(S(C)(=O)=O)cc4F)nn(C)c23)CC1. The van der Waals surface area contributed by atoms with E-state index >= 15 is 0 Å². The van der Waals surface area contributed by atoms with Crippen molar-refractivity contribution in [1.29, 1.82) is 0 Å². The molecule has 0 N–H and O–H groups in total. The van der Waals surface area contributed by atoms with Crippen LogP contribution in [-0.4, -0.2) is 70.7 Å². The van der Waals surface area contributed by atoms with Crippen molar-refractivity contribution >= 4 is 27.0 Å². The molecule has 3 heterocycles. The molecule has 1 aliphatic heterocycles. The maximum absolute atomic E-state index is 14.8. The summed E-state index contributed by atoms with van der Waals surface area (Å²) in [5.74, 6) is -1.82. The molecule has 1 aromatic carbocycles. The van der Waals surface area contributed by atoms with Gasteiger partial charge in [0, 0.05) is 44.8 Å². The van der Waals surface area contributed by atoms with Crippen LogP contribution in [0.25, 0.3) is 22.3 Å². The highest BCUT2D eigenvalue weighted by Crippen LogP contribution is 2.34. The summed E-state index contributed by atoms with van der Waals surface area (Å²) < 4.78 is 65.5. The number of benzene rings is 1. The number of hydrogen-bond acceptors (Lipinski definition) is 8. The van der Waals surface area contributed by atoms with E-state index in [1.165, 1.54) is 11.0 Å². The predicted molar refractivity (Wildman–Crippen MR) is 122 cm³/mol. The third-order valence-corrected chi connectivity index (χ3v) is 6.69. The molecule has 0 aliphatic carbocycles. The number of amides is 1. The van der Waals surface area contributed by atoms with Crippen LogP contribution >= 0.6 is 0 Å². The number of likely N-dealkylation sites (tertiary alicyclic amines) is 1. The molecule has 3 aromatic rings. The van der Waals surface area contributed by atoms with Crippen LogP contribution in [0.3, 0.4) is 0 Å². The first kappa shape index (κ1) is 24.8. The minimum absolute atomic E-state index is 0.0254. The predicted octanol–water partition coefficient (Wildman–Crippen LogP) is 3.10. The number of aromatic nitrogens is 4. The van der Waals surface area contributed by atoms with E-state index in [4.69, 9.17) is 9.47 Å². The van der Waals surface area contributed by atoms with E-state index in [1.807, 2.05) is 0 Å². The Morgan fingerprint density at radius 1 is 1.14 bits per heavy atom. The van der Waals surface area contributed by atoms with Gasteiger partial charge in [-0.25, -0.2) is 27.0 Å². The third-order valence-electron chi connectivity index (χ3n) is 5.58. The van der Waals surface area contributed by atoms with Gasteiger partial charge in [-0.1, -0.05) is 0 Å². The van der Waals surface area contributed by atoms with Gasteiger partial charge in [0.15, 0.2) is 9.84 Å². The topological polar surface area (TPSA) is 117 Å². The second-order valence-electron chi connectivity index (χ2n) is 8.62. The van der Waals surface area contributed by atoms with Gasteiger partial charge in [0.25, 0.3) is 0 Å². The van der Waals surface area contributed by atoms with Crippen molar-refractivity contribution in [2.75, 3.05) is 19.3 Å². The molecular weight excluding hydrogens is 484 g/mol. The molecule has 188 valence electrons. The summed E-state index contributed by atoms with van der Waals surface area (Å²) in [4.78, 5) is 21.4. The zero-order valence-corrected chi connectivity index (χ0v) is 20.5. The number of aryl methyl sites for hydroxylation is 1. The maximum Gasteiger partial charge on any atom is 0.410 e. The molecule has 0 spiro atoms. The highest BCUT2D eigenvalue weighted by Gasteiger charge is 2.28. The van der Waals surface area contributed by atoms with Crippen molar-refractivity contribution in [2.45, 2.75) is 43.8 Å². The number of carbonyl (C=O) groups is 1. The molecule has 1 saturated heterocycles. The Morgan fingerprint density at radius 2 is 1.83 bits per heavy atom. The van der Waals surface area contributed by atoms with Crippen LogP contribution in [0.1, 0.15) is 26.7 Å². The lowest BCUT2D eigenvalue weighted by Crippen LogP contribution is -2.42. The van der Waals surface area contributed by atoms with E-state index in [0.717, 1.165) is 12.3 Å². The lowest BCUT2D eigenvalue weighted by molar-refractivity contribution is 0.0510. The molecule has 10 nitrogen and oxygen atoms in total. The van der Waals surface area contributed by atoms with Gasteiger partial charge in [0.2, 0.25) is 5.88 Å². The van der Waals surface area contributed by atoms with Crippen LogP contribution in [0, 0.1) is 11.6 Å². The van der Waals surface area contributed by atoms with E-state index in [1.54, 1.807) is 25.8 Å². The van der Waals surface area contributed by atoms with Crippen molar-refractivity contribution < 1.29 is 31.5 Å². The molecule has 0 bridgehead atoms. The highest BCUT2D eigenvalue weighted by molar-refractivity contribution is 7.90. The maximum atomic E-state index is 14.8. The minimum atomic E-state index is -3.95. The number of sulfone groups is 1. The number of rotatable bonds is 5. The smallest absolute Gasteiger partial charge is 0.410 e. The Kier molecular flexibility index (Phi) is 6.62. The number of carbonyl (C=O) groups excluding carboxylic acids is 1. The van der Waals surface area contributed by atoms with E-state index < -0.39 is 26.4 Å². The number of halogens is 2. The Balaban J connectivity index is 1.61. The normalized spacial score (nSPS) is 15.1. The minimum Gasteiger partial charge on any atom is -0.473 e. The summed E-state index contributed by atoms with van der Waals surface area (Å²) in [6, 6.07) is 1.43. The highest BCUT2D eigenvalue weighted by atomic mass is 32.2. The van der Waals surface area contributed by atoms with Crippen LogP contribution in [0.4, 0.5) is 13.6 Å². The number of ether oxygens (including phenoxy) is 2. The largest absolute Gasteiger partial charge is 0.473 e. The fraction of sp³-hybridized carbons (Fsp3) is 0.455. The first-order valence-electron chi connectivity index (χ1n) is 10.9. The van der Waals surface area contributed by atoms with Crippen molar-refractivity contribution in [1.82, 2.24) is 24.6 Å². The summed E-state index contributed by atoms with van der Waals surface area (Å²) in [5, 5.41) is 4.28. The monoisotopic (exact) mass is 509 g/mol. The Morgan fingerprint density at radius 3 is 2.46 bits per heavy atom. The van der Waals surface area contributed by atoms with Gasteiger partial charge < -0.3 is 14.4 Å². The van der Waals surface area contributed by atoms with Gasteiger partial charge in [0.05, 0.1) is 6.10 Å². The fourth-order valence-electron chi connectivity index (χ4n) is 3.93.